The molecule has 0 spiro atoms. The second kappa shape index (κ2) is 4.98. The molecule has 0 rings (SSSR count). The molecule has 3 N–H and O–H groups in total. The van der Waals surface area contributed by atoms with E-state index >= 15 is 0 Å². The minimum Gasteiger partial charge on any atom is -0.409 e. The average molecular weight is 173 g/mol. The Bertz CT molecular complexity index is 158. The zero-order valence-electron chi connectivity index (χ0n) is 8.28. The van der Waals surface area contributed by atoms with Crippen molar-refractivity contribution in [1.29, 1.82) is 0 Å². The molecule has 0 aliphatic rings. The number of hydrogen-bond acceptors (Lipinski definition) is 3. The fourth-order valence-electron chi connectivity index (χ4n) is 0.962. The van der Waals surface area contributed by atoms with Gasteiger partial charge in [-0.05, 0) is 27.3 Å². The summed E-state index contributed by atoms with van der Waals surface area (Å²) >= 11 is 0. The van der Waals surface area contributed by atoms with Gasteiger partial charge < -0.3 is 10.9 Å². The van der Waals surface area contributed by atoms with Crippen molar-refractivity contribution >= 4 is 5.84 Å². The summed E-state index contributed by atoms with van der Waals surface area (Å²) in [5, 5.41) is 11.4. The quantitative estimate of drug-likeness (QED) is 0.287. The molecule has 4 nitrogen and oxygen atoms in total. The first kappa shape index (κ1) is 11.2. The predicted octanol–water partition coefficient (Wildman–Crippen LogP) is 0.852. The Morgan fingerprint density at radius 1 is 1.58 bits per heavy atom. The Labute approximate surface area is 74.0 Å². The maximum Gasteiger partial charge on any atom is 0.156 e. The van der Waals surface area contributed by atoms with E-state index in [2.05, 4.69) is 23.9 Å². The van der Waals surface area contributed by atoms with Gasteiger partial charge in [0.05, 0.1) is 6.04 Å². The molecule has 0 radical (unpaired) electrons. The number of hydrogen-bond donors (Lipinski definition) is 2. The lowest BCUT2D eigenvalue weighted by atomic mass is 10.2. The lowest BCUT2D eigenvalue weighted by Crippen LogP contribution is -2.44. The van der Waals surface area contributed by atoms with E-state index < -0.39 is 0 Å². The van der Waals surface area contributed by atoms with E-state index in [4.69, 9.17) is 10.9 Å². The topological polar surface area (TPSA) is 61.8 Å². The van der Waals surface area contributed by atoms with Gasteiger partial charge in [-0.1, -0.05) is 12.1 Å². The molecule has 0 fully saturated rings. The number of nitrogens with zero attached hydrogens (tertiary/aromatic N) is 2. The van der Waals surface area contributed by atoms with E-state index in [-0.39, 0.29) is 11.9 Å². The monoisotopic (exact) mass is 173 g/mol. The van der Waals surface area contributed by atoms with E-state index in [1.54, 1.807) is 0 Å². The van der Waals surface area contributed by atoms with E-state index in [0.29, 0.717) is 6.04 Å². The van der Waals surface area contributed by atoms with Crippen LogP contribution >= 0.6 is 0 Å². The Morgan fingerprint density at radius 2 is 2.08 bits per heavy atom. The van der Waals surface area contributed by atoms with Crippen LogP contribution in [0.2, 0.25) is 0 Å². The lowest BCUT2D eigenvalue weighted by Gasteiger charge is -2.28. The predicted molar refractivity (Wildman–Crippen MR) is 50.4 cm³/mol. The minimum atomic E-state index is -0.00931. The molecule has 12 heavy (non-hydrogen) atoms. The van der Waals surface area contributed by atoms with Crippen LogP contribution in [0.5, 0.6) is 0 Å². The molecule has 0 bridgehead atoms. The smallest absolute Gasteiger partial charge is 0.156 e. The van der Waals surface area contributed by atoms with E-state index in [0.717, 1.165) is 6.42 Å². The number of oxime groups is 1. The van der Waals surface area contributed by atoms with Crippen LogP contribution in [0.15, 0.2) is 5.16 Å². The molecular weight excluding hydrogens is 154 g/mol. The Kier molecular flexibility index (Phi) is 4.66. The molecule has 4 heteroatoms. The minimum absolute atomic E-state index is 0.00931. The van der Waals surface area contributed by atoms with Crippen molar-refractivity contribution in [2.75, 3.05) is 7.05 Å². The highest BCUT2D eigenvalue weighted by atomic mass is 16.4. The zero-order chi connectivity index (χ0) is 9.72. The van der Waals surface area contributed by atoms with Crippen molar-refractivity contribution in [2.24, 2.45) is 10.9 Å². The van der Waals surface area contributed by atoms with E-state index in [1.165, 1.54) is 0 Å². The van der Waals surface area contributed by atoms with Crippen molar-refractivity contribution < 1.29 is 5.21 Å². The van der Waals surface area contributed by atoms with Gasteiger partial charge in [-0.25, -0.2) is 0 Å². The van der Waals surface area contributed by atoms with Crippen LogP contribution in [0.25, 0.3) is 0 Å². The van der Waals surface area contributed by atoms with Crippen molar-refractivity contribution in [3.8, 4) is 0 Å². The van der Waals surface area contributed by atoms with Crippen molar-refractivity contribution in [3.63, 3.8) is 0 Å². The third kappa shape index (κ3) is 2.70. The Balaban J connectivity index is 4.18. The second-order valence-corrected chi connectivity index (χ2v) is 3.12. The molecule has 72 valence electrons. The van der Waals surface area contributed by atoms with Gasteiger partial charge in [0.15, 0.2) is 5.84 Å². The molecule has 0 heterocycles. The van der Waals surface area contributed by atoms with E-state index in [1.807, 2.05) is 14.0 Å². The van der Waals surface area contributed by atoms with Crippen LogP contribution in [0.3, 0.4) is 0 Å². The van der Waals surface area contributed by atoms with Gasteiger partial charge in [-0.2, -0.15) is 0 Å². The molecule has 0 saturated heterocycles. The second-order valence-electron chi connectivity index (χ2n) is 3.12. The third-order valence-electron chi connectivity index (χ3n) is 2.44. The summed E-state index contributed by atoms with van der Waals surface area (Å²) in [6, 6.07) is 0.435. The van der Waals surface area contributed by atoms with Crippen LogP contribution in [0, 0.1) is 0 Å². The van der Waals surface area contributed by atoms with Gasteiger partial charge in [0, 0.05) is 6.04 Å². The summed E-state index contributed by atoms with van der Waals surface area (Å²) < 4.78 is 0. The van der Waals surface area contributed by atoms with Gasteiger partial charge in [-0.15, -0.1) is 0 Å². The first-order chi connectivity index (χ1) is 5.54. The maximum absolute atomic E-state index is 8.44. The third-order valence-corrected chi connectivity index (χ3v) is 2.44. The SMILES string of the molecule is CCC(C)N(C)C(C)C(N)=NO. The summed E-state index contributed by atoms with van der Waals surface area (Å²) in [5.74, 6) is 0.262. The molecule has 0 aliphatic heterocycles. The fourth-order valence-corrected chi connectivity index (χ4v) is 0.962. The molecule has 2 unspecified atom stereocenters. The summed E-state index contributed by atoms with van der Waals surface area (Å²) in [4.78, 5) is 2.08. The van der Waals surface area contributed by atoms with Crippen LogP contribution < -0.4 is 5.73 Å². The van der Waals surface area contributed by atoms with Crippen molar-refractivity contribution in [2.45, 2.75) is 39.3 Å². The van der Waals surface area contributed by atoms with Gasteiger partial charge in [0.1, 0.15) is 0 Å². The maximum atomic E-state index is 8.44. The summed E-state index contributed by atoms with van der Waals surface area (Å²) in [7, 11) is 1.97. The molecular formula is C8H19N3O. The molecule has 0 saturated carbocycles. The van der Waals surface area contributed by atoms with Crippen LogP contribution in [-0.4, -0.2) is 35.1 Å². The molecule has 0 aromatic carbocycles. The lowest BCUT2D eigenvalue weighted by molar-refractivity contribution is 0.225. The normalized spacial score (nSPS) is 17.9. The molecule has 0 aromatic rings. The number of nitrogens with two attached hydrogens (primary N) is 1. The standard InChI is InChI=1S/C8H19N3O/c1-5-6(2)11(4)7(3)8(9)10-12/h6-7,12H,5H2,1-4H3,(H2,9,10). The van der Waals surface area contributed by atoms with Gasteiger partial charge in [0.2, 0.25) is 0 Å². The number of likely N-dealkylation sites (N-methyl/N-ethyl adjacent to an activating group) is 1. The summed E-state index contributed by atoms with van der Waals surface area (Å²) in [6.45, 7) is 6.14. The average Bonchev–Trinajstić information content (AvgIpc) is 2.12. The highest BCUT2D eigenvalue weighted by molar-refractivity contribution is 5.84. The number of rotatable bonds is 4. The van der Waals surface area contributed by atoms with Gasteiger partial charge >= 0.3 is 0 Å². The number of amidine groups is 1. The zero-order valence-corrected chi connectivity index (χ0v) is 8.28. The van der Waals surface area contributed by atoms with Crippen LogP contribution in [-0.2, 0) is 0 Å². The first-order valence-corrected chi connectivity index (χ1v) is 4.23. The van der Waals surface area contributed by atoms with Crippen LogP contribution in [0.4, 0.5) is 0 Å². The van der Waals surface area contributed by atoms with Crippen LogP contribution in [0.1, 0.15) is 27.2 Å². The first-order valence-electron chi connectivity index (χ1n) is 4.23. The largest absolute Gasteiger partial charge is 0.409 e. The molecule has 0 amide bonds. The van der Waals surface area contributed by atoms with Crippen molar-refractivity contribution in [3.05, 3.63) is 0 Å². The van der Waals surface area contributed by atoms with Gasteiger partial charge in [-0.3, -0.25) is 4.90 Å². The molecule has 0 aliphatic carbocycles. The highest BCUT2D eigenvalue weighted by Gasteiger charge is 2.17. The van der Waals surface area contributed by atoms with Gasteiger partial charge in [0.25, 0.3) is 0 Å². The fraction of sp³-hybridized carbons (Fsp3) is 0.875. The molecule has 0 aromatic heterocycles. The van der Waals surface area contributed by atoms with Crippen molar-refractivity contribution in [1.82, 2.24) is 4.90 Å². The summed E-state index contributed by atoms with van der Waals surface area (Å²) in [6.07, 6.45) is 1.06. The summed E-state index contributed by atoms with van der Waals surface area (Å²) in [5.41, 5.74) is 5.47. The van der Waals surface area contributed by atoms with E-state index in [9.17, 15) is 0 Å². The Hall–Kier alpha value is -0.770. The molecule has 2 atom stereocenters. The highest BCUT2D eigenvalue weighted by Crippen LogP contribution is 2.05. The Morgan fingerprint density at radius 3 is 2.42 bits per heavy atom.